The number of carbonyl (C=O) groups is 1. The third-order valence-corrected chi connectivity index (χ3v) is 3.29. The molecule has 0 aromatic heterocycles. The molecular formula is C11H13BrN2O. The minimum Gasteiger partial charge on any atom is -0.314 e. The largest absolute Gasteiger partial charge is 0.314 e. The van der Waals surface area contributed by atoms with Gasteiger partial charge in [0.25, 0.3) is 0 Å². The molecule has 1 heterocycles. The number of hydrogen-bond donors (Lipinski definition) is 2. The van der Waals surface area contributed by atoms with E-state index in [1.54, 1.807) is 0 Å². The molecule has 1 aliphatic rings. The van der Waals surface area contributed by atoms with E-state index in [-0.39, 0.29) is 6.04 Å². The molecule has 1 saturated heterocycles. The molecule has 2 N–H and O–H groups in total. The zero-order valence-electron chi connectivity index (χ0n) is 8.29. The maximum Gasteiger partial charge on any atom is 0.150 e. The highest BCUT2D eigenvalue weighted by molar-refractivity contribution is 9.10. The first kappa shape index (κ1) is 10.8. The molecule has 4 heteroatoms. The summed E-state index contributed by atoms with van der Waals surface area (Å²) in [6.45, 7) is 2.78. The molecular weight excluding hydrogens is 256 g/mol. The molecule has 0 radical (unpaired) electrons. The predicted octanol–water partition coefficient (Wildman–Crippen LogP) is 1.50. The molecule has 80 valence electrons. The van der Waals surface area contributed by atoms with Gasteiger partial charge in [-0.15, -0.1) is 0 Å². The van der Waals surface area contributed by atoms with Crippen LogP contribution in [0.1, 0.15) is 22.0 Å². The summed E-state index contributed by atoms with van der Waals surface area (Å²) in [5, 5.41) is 6.71. The van der Waals surface area contributed by atoms with Crippen molar-refractivity contribution in [3.8, 4) is 0 Å². The van der Waals surface area contributed by atoms with E-state index in [1.807, 2.05) is 18.2 Å². The fourth-order valence-electron chi connectivity index (χ4n) is 1.88. The van der Waals surface area contributed by atoms with Crippen LogP contribution in [0.2, 0.25) is 0 Å². The van der Waals surface area contributed by atoms with Gasteiger partial charge in [-0.1, -0.05) is 28.1 Å². The molecule has 0 saturated carbocycles. The molecule has 3 nitrogen and oxygen atoms in total. The Morgan fingerprint density at radius 1 is 1.40 bits per heavy atom. The molecule has 1 unspecified atom stereocenters. The van der Waals surface area contributed by atoms with E-state index < -0.39 is 0 Å². The van der Waals surface area contributed by atoms with E-state index in [2.05, 4.69) is 26.6 Å². The highest BCUT2D eigenvalue weighted by Gasteiger charge is 2.19. The smallest absolute Gasteiger partial charge is 0.150 e. The van der Waals surface area contributed by atoms with Gasteiger partial charge in [-0.2, -0.15) is 0 Å². The van der Waals surface area contributed by atoms with Crippen molar-refractivity contribution in [2.24, 2.45) is 0 Å². The normalized spacial score (nSPS) is 21.3. The first-order chi connectivity index (χ1) is 7.33. The zero-order valence-corrected chi connectivity index (χ0v) is 9.88. The van der Waals surface area contributed by atoms with Gasteiger partial charge in [0.1, 0.15) is 6.29 Å². The van der Waals surface area contributed by atoms with Crippen LogP contribution in [0.5, 0.6) is 0 Å². The minimum absolute atomic E-state index is 0.217. The monoisotopic (exact) mass is 268 g/mol. The van der Waals surface area contributed by atoms with E-state index in [1.165, 1.54) is 0 Å². The number of benzene rings is 1. The SMILES string of the molecule is O=Cc1cccc(Br)c1C1CNCCN1. The first-order valence-corrected chi connectivity index (χ1v) is 5.80. The highest BCUT2D eigenvalue weighted by Crippen LogP contribution is 2.26. The minimum atomic E-state index is 0.217. The standard InChI is InChI=1S/C11H13BrN2O/c12-9-3-1-2-8(7-15)11(9)10-6-13-4-5-14-10/h1-3,7,10,13-14H,4-6H2. The lowest BCUT2D eigenvalue weighted by Gasteiger charge is -2.26. The summed E-state index contributed by atoms with van der Waals surface area (Å²) in [4.78, 5) is 11.0. The van der Waals surface area contributed by atoms with Crippen molar-refractivity contribution in [1.29, 1.82) is 0 Å². The molecule has 1 fully saturated rings. The lowest BCUT2D eigenvalue weighted by atomic mass is 10.00. The second-order valence-corrected chi connectivity index (χ2v) is 4.43. The number of nitrogens with one attached hydrogen (secondary N) is 2. The maximum absolute atomic E-state index is 11.0. The highest BCUT2D eigenvalue weighted by atomic mass is 79.9. The Labute approximate surface area is 97.4 Å². The van der Waals surface area contributed by atoms with Crippen LogP contribution in [0.15, 0.2) is 22.7 Å². The van der Waals surface area contributed by atoms with Gasteiger partial charge in [-0.25, -0.2) is 0 Å². The fourth-order valence-corrected chi connectivity index (χ4v) is 2.54. The summed E-state index contributed by atoms with van der Waals surface area (Å²) in [6, 6.07) is 5.92. The van der Waals surface area contributed by atoms with Crippen molar-refractivity contribution >= 4 is 22.2 Å². The fraction of sp³-hybridized carbons (Fsp3) is 0.364. The molecule has 0 spiro atoms. The van der Waals surface area contributed by atoms with Gasteiger partial charge in [-0.3, -0.25) is 4.79 Å². The van der Waals surface area contributed by atoms with E-state index >= 15 is 0 Å². The second kappa shape index (κ2) is 4.88. The van der Waals surface area contributed by atoms with Crippen LogP contribution in [0.4, 0.5) is 0 Å². The molecule has 15 heavy (non-hydrogen) atoms. The Bertz CT molecular complexity index is 362. The Hall–Kier alpha value is -0.710. The van der Waals surface area contributed by atoms with Gasteiger partial charge in [0.15, 0.2) is 0 Å². The van der Waals surface area contributed by atoms with Crippen molar-refractivity contribution in [2.75, 3.05) is 19.6 Å². The van der Waals surface area contributed by atoms with Gasteiger partial charge >= 0.3 is 0 Å². The van der Waals surface area contributed by atoms with Crippen LogP contribution in [0, 0.1) is 0 Å². The molecule has 0 amide bonds. The van der Waals surface area contributed by atoms with E-state index in [0.717, 1.165) is 41.5 Å². The van der Waals surface area contributed by atoms with Crippen molar-refractivity contribution in [3.05, 3.63) is 33.8 Å². The Balaban J connectivity index is 2.35. The van der Waals surface area contributed by atoms with Crippen LogP contribution in [-0.4, -0.2) is 25.9 Å². The lowest BCUT2D eigenvalue weighted by molar-refractivity contribution is 0.112. The zero-order chi connectivity index (χ0) is 10.7. The second-order valence-electron chi connectivity index (χ2n) is 3.57. The van der Waals surface area contributed by atoms with Crippen LogP contribution >= 0.6 is 15.9 Å². The Kier molecular flexibility index (Phi) is 3.51. The third kappa shape index (κ3) is 2.27. The Morgan fingerprint density at radius 2 is 2.27 bits per heavy atom. The van der Waals surface area contributed by atoms with Gasteiger partial charge in [-0.05, 0) is 11.6 Å². The molecule has 0 aliphatic carbocycles. The summed E-state index contributed by atoms with van der Waals surface area (Å²) in [6.07, 6.45) is 0.913. The van der Waals surface area contributed by atoms with Crippen molar-refractivity contribution in [1.82, 2.24) is 10.6 Å². The molecule has 1 aromatic rings. The van der Waals surface area contributed by atoms with Gasteiger partial charge < -0.3 is 10.6 Å². The molecule has 0 bridgehead atoms. The summed E-state index contributed by atoms with van der Waals surface area (Å²) in [5.41, 5.74) is 1.81. The van der Waals surface area contributed by atoms with Crippen LogP contribution in [-0.2, 0) is 0 Å². The summed E-state index contributed by atoms with van der Waals surface area (Å²) in [5.74, 6) is 0. The van der Waals surface area contributed by atoms with Crippen molar-refractivity contribution in [2.45, 2.75) is 6.04 Å². The predicted molar refractivity (Wildman–Crippen MR) is 63.1 cm³/mol. The van der Waals surface area contributed by atoms with Crippen molar-refractivity contribution < 1.29 is 4.79 Å². The summed E-state index contributed by atoms with van der Waals surface area (Å²) >= 11 is 3.50. The number of piperazine rings is 1. The van der Waals surface area contributed by atoms with Crippen molar-refractivity contribution in [3.63, 3.8) is 0 Å². The quantitative estimate of drug-likeness (QED) is 0.799. The Morgan fingerprint density at radius 3 is 2.93 bits per heavy atom. The number of hydrogen-bond acceptors (Lipinski definition) is 3. The molecule has 1 aromatic carbocycles. The molecule has 1 aliphatic heterocycles. The van der Waals surface area contributed by atoms with Gasteiger partial charge in [0, 0.05) is 35.7 Å². The number of carbonyl (C=O) groups excluding carboxylic acids is 1. The topological polar surface area (TPSA) is 41.1 Å². The number of rotatable bonds is 2. The van der Waals surface area contributed by atoms with Crippen LogP contribution in [0.25, 0.3) is 0 Å². The lowest BCUT2D eigenvalue weighted by Crippen LogP contribution is -2.43. The summed E-state index contributed by atoms with van der Waals surface area (Å²) < 4.78 is 0.994. The van der Waals surface area contributed by atoms with Crippen LogP contribution < -0.4 is 10.6 Å². The van der Waals surface area contributed by atoms with E-state index in [9.17, 15) is 4.79 Å². The van der Waals surface area contributed by atoms with Gasteiger partial charge in [0.2, 0.25) is 0 Å². The number of aldehydes is 1. The molecule has 1 atom stereocenters. The summed E-state index contributed by atoms with van der Waals surface area (Å²) in [7, 11) is 0. The van der Waals surface area contributed by atoms with E-state index in [0.29, 0.717) is 0 Å². The third-order valence-electron chi connectivity index (χ3n) is 2.60. The van der Waals surface area contributed by atoms with E-state index in [4.69, 9.17) is 0 Å². The average Bonchev–Trinajstić information content (AvgIpc) is 2.29. The average molecular weight is 269 g/mol. The van der Waals surface area contributed by atoms with Crippen LogP contribution in [0.3, 0.4) is 0 Å². The maximum atomic E-state index is 11.0. The first-order valence-electron chi connectivity index (χ1n) is 5.00. The molecule has 2 rings (SSSR count). The van der Waals surface area contributed by atoms with Gasteiger partial charge in [0.05, 0.1) is 0 Å². The number of halogens is 1.